The van der Waals surface area contributed by atoms with E-state index in [-0.39, 0.29) is 29.8 Å². The van der Waals surface area contributed by atoms with Gasteiger partial charge in [-0.3, -0.25) is 9.78 Å². The standard InChI is InChI=1S/C23H27FN4O3/c24-18-4-1-3-16(13-18)21-8-7-17(15-25-21)22(29)26-19-5-2-6-20(14-19)27-23(30)28-9-11-31-12-10-28/h1,3-4,7-8,13,15,19-20H,2,5-6,9-12,14H2,(H,26,29)(H,27,30)/t19?,20-/m0/s1. The molecule has 8 heteroatoms. The molecule has 164 valence electrons. The number of rotatable bonds is 4. The van der Waals surface area contributed by atoms with Gasteiger partial charge in [-0.05, 0) is 49.9 Å². The third-order valence-corrected chi connectivity index (χ3v) is 5.78. The Hall–Kier alpha value is -3.00. The van der Waals surface area contributed by atoms with E-state index >= 15 is 0 Å². The van der Waals surface area contributed by atoms with E-state index in [9.17, 15) is 14.0 Å². The number of nitrogens with zero attached hydrogens (tertiary/aromatic N) is 2. The summed E-state index contributed by atoms with van der Waals surface area (Å²) < 4.78 is 18.7. The zero-order valence-electron chi connectivity index (χ0n) is 17.4. The monoisotopic (exact) mass is 426 g/mol. The smallest absolute Gasteiger partial charge is 0.317 e. The predicted molar refractivity (Wildman–Crippen MR) is 114 cm³/mol. The molecule has 0 bridgehead atoms. The molecule has 2 N–H and O–H groups in total. The molecular weight excluding hydrogens is 399 g/mol. The van der Waals surface area contributed by atoms with Crippen LogP contribution in [0.25, 0.3) is 11.3 Å². The molecule has 1 aromatic heterocycles. The summed E-state index contributed by atoms with van der Waals surface area (Å²) in [5.74, 6) is -0.517. The van der Waals surface area contributed by atoms with Gasteiger partial charge in [-0.25, -0.2) is 9.18 Å². The van der Waals surface area contributed by atoms with E-state index in [0.717, 1.165) is 19.3 Å². The van der Waals surface area contributed by atoms with Gasteiger partial charge in [-0.1, -0.05) is 12.1 Å². The molecule has 31 heavy (non-hydrogen) atoms. The molecule has 1 aliphatic heterocycles. The normalized spacial score (nSPS) is 21.4. The Balaban J connectivity index is 1.31. The van der Waals surface area contributed by atoms with Crippen molar-refractivity contribution in [2.75, 3.05) is 26.3 Å². The molecule has 1 unspecified atom stereocenters. The second-order valence-corrected chi connectivity index (χ2v) is 8.03. The molecule has 1 aliphatic carbocycles. The summed E-state index contributed by atoms with van der Waals surface area (Å²) in [5, 5.41) is 6.16. The van der Waals surface area contributed by atoms with Crippen molar-refractivity contribution in [2.24, 2.45) is 0 Å². The lowest BCUT2D eigenvalue weighted by atomic mass is 9.91. The summed E-state index contributed by atoms with van der Waals surface area (Å²) in [6.45, 7) is 2.36. The highest BCUT2D eigenvalue weighted by atomic mass is 19.1. The van der Waals surface area contributed by atoms with Crippen LogP contribution in [-0.2, 0) is 4.74 Å². The fraction of sp³-hybridized carbons (Fsp3) is 0.435. The van der Waals surface area contributed by atoms with Crippen LogP contribution in [0, 0.1) is 5.82 Å². The molecule has 1 saturated heterocycles. The number of halogens is 1. The summed E-state index contributed by atoms with van der Waals surface area (Å²) in [4.78, 5) is 31.2. The van der Waals surface area contributed by atoms with E-state index in [2.05, 4.69) is 15.6 Å². The minimum absolute atomic E-state index is 0.000801. The Morgan fingerprint density at radius 2 is 1.84 bits per heavy atom. The zero-order chi connectivity index (χ0) is 21.6. The first-order valence-corrected chi connectivity index (χ1v) is 10.7. The maximum atomic E-state index is 13.4. The first-order valence-electron chi connectivity index (χ1n) is 10.7. The van der Waals surface area contributed by atoms with Gasteiger partial charge < -0.3 is 20.3 Å². The summed E-state index contributed by atoms with van der Waals surface area (Å²) in [7, 11) is 0. The van der Waals surface area contributed by atoms with Crippen LogP contribution in [0.3, 0.4) is 0 Å². The van der Waals surface area contributed by atoms with Crippen LogP contribution in [0.2, 0.25) is 0 Å². The summed E-state index contributed by atoms with van der Waals surface area (Å²) in [5.41, 5.74) is 1.73. The van der Waals surface area contributed by atoms with Gasteiger partial charge in [0.15, 0.2) is 0 Å². The number of ether oxygens (including phenoxy) is 1. The number of hydrogen-bond donors (Lipinski definition) is 2. The van der Waals surface area contributed by atoms with E-state index in [1.807, 2.05) is 0 Å². The first-order chi connectivity index (χ1) is 15.1. The SMILES string of the molecule is O=C(NC1CCC[C@H](NC(=O)N2CCOCC2)C1)c1ccc(-c2cccc(F)c2)nc1. The highest BCUT2D eigenvalue weighted by Gasteiger charge is 2.27. The molecule has 1 saturated carbocycles. The summed E-state index contributed by atoms with van der Waals surface area (Å²) in [6.07, 6.45) is 4.94. The Kier molecular flexibility index (Phi) is 6.76. The lowest BCUT2D eigenvalue weighted by Gasteiger charge is -2.33. The number of amides is 3. The average molecular weight is 426 g/mol. The van der Waals surface area contributed by atoms with Crippen LogP contribution >= 0.6 is 0 Å². The molecule has 0 radical (unpaired) electrons. The van der Waals surface area contributed by atoms with Gasteiger partial charge in [-0.2, -0.15) is 0 Å². The molecule has 2 heterocycles. The van der Waals surface area contributed by atoms with Crippen LogP contribution in [0.4, 0.5) is 9.18 Å². The molecule has 2 aliphatic rings. The van der Waals surface area contributed by atoms with E-state index in [4.69, 9.17) is 4.74 Å². The van der Waals surface area contributed by atoms with Crippen molar-refractivity contribution in [3.8, 4) is 11.3 Å². The van der Waals surface area contributed by atoms with Crippen LogP contribution in [0.5, 0.6) is 0 Å². The van der Waals surface area contributed by atoms with Gasteiger partial charge in [0.1, 0.15) is 5.82 Å². The highest BCUT2D eigenvalue weighted by molar-refractivity contribution is 5.94. The maximum absolute atomic E-state index is 13.4. The van der Waals surface area contributed by atoms with E-state index in [1.54, 1.807) is 29.2 Å². The van der Waals surface area contributed by atoms with Crippen LogP contribution in [0.1, 0.15) is 36.0 Å². The zero-order valence-corrected chi connectivity index (χ0v) is 17.4. The van der Waals surface area contributed by atoms with E-state index in [1.165, 1.54) is 18.3 Å². The maximum Gasteiger partial charge on any atom is 0.317 e. The van der Waals surface area contributed by atoms with Gasteiger partial charge in [0.25, 0.3) is 5.91 Å². The van der Waals surface area contributed by atoms with Crippen molar-refractivity contribution in [1.29, 1.82) is 0 Å². The molecule has 2 aromatic rings. The second kappa shape index (κ2) is 9.87. The molecule has 0 spiro atoms. The minimum atomic E-state index is -0.325. The van der Waals surface area contributed by atoms with Crippen molar-refractivity contribution in [3.05, 3.63) is 54.0 Å². The number of pyridine rings is 1. The number of morpholine rings is 1. The number of hydrogen-bond acceptors (Lipinski definition) is 4. The van der Waals surface area contributed by atoms with Crippen molar-refractivity contribution in [1.82, 2.24) is 20.5 Å². The van der Waals surface area contributed by atoms with Crippen molar-refractivity contribution in [2.45, 2.75) is 37.8 Å². The highest BCUT2D eigenvalue weighted by Crippen LogP contribution is 2.21. The van der Waals surface area contributed by atoms with Crippen molar-refractivity contribution >= 4 is 11.9 Å². The minimum Gasteiger partial charge on any atom is -0.378 e. The lowest BCUT2D eigenvalue weighted by molar-refractivity contribution is 0.0519. The van der Waals surface area contributed by atoms with Crippen LogP contribution in [0.15, 0.2) is 42.6 Å². The van der Waals surface area contributed by atoms with Gasteiger partial charge in [-0.15, -0.1) is 0 Å². The number of nitrogens with one attached hydrogen (secondary N) is 2. The first kappa shape index (κ1) is 21.2. The van der Waals surface area contributed by atoms with E-state index in [0.29, 0.717) is 49.5 Å². The largest absolute Gasteiger partial charge is 0.378 e. The number of carbonyl (C=O) groups is 2. The molecule has 4 rings (SSSR count). The Labute approximate surface area is 181 Å². The van der Waals surface area contributed by atoms with Crippen LogP contribution < -0.4 is 10.6 Å². The lowest BCUT2D eigenvalue weighted by Crippen LogP contribution is -2.52. The Bertz CT molecular complexity index is 915. The van der Waals surface area contributed by atoms with Crippen LogP contribution in [-0.4, -0.2) is 60.2 Å². The van der Waals surface area contributed by atoms with Gasteiger partial charge in [0.2, 0.25) is 0 Å². The topological polar surface area (TPSA) is 83.6 Å². The van der Waals surface area contributed by atoms with Crippen molar-refractivity contribution < 1.29 is 18.7 Å². The summed E-state index contributed by atoms with van der Waals surface area (Å²) >= 11 is 0. The fourth-order valence-corrected chi connectivity index (χ4v) is 4.10. The number of urea groups is 1. The molecule has 1 aromatic carbocycles. The molecule has 7 nitrogen and oxygen atoms in total. The number of benzene rings is 1. The molecule has 3 amide bonds. The molecule has 2 fully saturated rings. The Morgan fingerprint density at radius 1 is 1.06 bits per heavy atom. The molecule has 2 atom stereocenters. The average Bonchev–Trinajstić information content (AvgIpc) is 2.80. The quantitative estimate of drug-likeness (QED) is 0.787. The predicted octanol–water partition coefficient (Wildman–Crippen LogP) is 2.97. The van der Waals surface area contributed by atoms with E-state index < -0.39 is 0 Å². The fourth-order valence-electron chi connectivity index (χ4n) is 4.10. The third-order valence-electron chi connectivity index (χ3n) is 5.78. The number of aromatic nitrogens is 1. The van der Waals surface area contributed by atoms with Gasteiger partial charge in [0.05, 0.1) is 24.5 Å². The summed E-state index contributed by atoms with van der Waals surface area (Å²) in [6, 6.07) is 9.60. The Morgan fingerprint density at radius 3 is 2.55 bits per heavy atom. The van der Waals surface area contributed by atoms with Gasteiger partial charge in [0, 0.05) is 36.9 Å². The van der Waals surface area contributed by atoms with Crippen molar-refractivity contribution in [3.63, 3.8) is 0 Å². The number of carbonyl (C=O) groups excluding carboxylic acids is 2. The second-order valence-electron chi connectivity index (χ2n) is 8.03. The third kappa shape index (κ3) is 5.58. The van der Waals surface area contributed by atoms with Gasteiger partial charge >= 0.3 is 6.03 Å². The molecular formula is C23H27FN4O3.